The van der Waals surface area contributed by atoms with Crippen molar-refractivity contribution in [3.8, 4) is 0 Å². The number of rotatable bonds is 2. The second-order valence-corrected chi connectivity index (χ2v) is 4.06. The van der Waals surface area contributed by atoms with Crippen LogP contribution in [0.25, 0.3) is 0 Å². The van der Waals surface area contributed by atoms with Gasteiger partial charge in [0.1, 0.15) is 11.5 Å². The van der Waals surface area contributed by atoms with Crippen molar-refractivity contribution < 1.29 is 22.4 Å². The van der Waals surface area contributed by atoms with E-state index in [1.54, 1.807) is 0 Å². The van der Waals surface area contributed by atoms with E-state index in [-0.39, 0.29) is 5.56 Å². The lowest BCUT2D eigenvalue weighted by Gasteiger charge is -2.09. The van der Waals surface area contributed by atoms with E-state index >= 15 is 0 Å². The van der Waals surface area contributed by atoms with Crippen molar-refractivity contribution in [1.29, 1.82) is 0 Å². The third kappa shape index (κ3) is 3.28. The van der Waals surface area contributed by atoms with Crippen molar-refractivity contribution in [2.75, 3.05) is 5.32 Å². The summed E-state index contributed by atoms with van der Waals surface area (Å²) in [5.74, 6) is -1.86. The number of carbonyl (C=O) groups excluding carboxylic acids is 1. The molecule has 8 heteroatoms. The van der Waals surface area contributed by atoms with Gasteiger partial charge in [0, 0.05) is 6.20 Å². The lowest BCUT2D eigenvalue weighted by Crippen LogP contribution is -2.22. The standard InChI is InChI=1S/C13H8F4N2O2/c14-9-4-2-1-3-8(9)11(20)19-10-5-7(13(15,16)17)6-18-12(10)21/h1-6H,(H,18,21)(H,19,20). The summed E-state index contributed by atoms with van der Waals surface area (Å²) in [6.07, 6.45) is -4.19. The molecule has 0 spiro atoms. The summed E-state index contributed by atoms with van der Waals surface area (Å²) >= 11 is 0. The fraction of sp³-hybridized carbons (Fsp3) is 0.0769. The fourth-order valence-corrected chi connectivity index (χ4v) is 1.58. The Morgan fingerprint density at radius 2 is 1.86 bits per heavy atom. The first kappa shape index (κ1) is 14.8. The van der Waals surface area contributed by atoms with E-state index in [9.17, 15) is 27.2 Å². The second-order valence-electron chi connectivity index (χ2n) is 4.06. The molecule has 1 amide bonds. The number of hydrogen-bond donors (Lipinski definition) is 2. The SMILES string of the molecule is O=C(Nc1cc(C(F)(F)F)c[nH]c1=O)c1ccccc1F. The molecule has 0 radical (unpaired) electrons. The van der Waals surface area contributed by atoms with Crippen LogP contribution in [0.15, 0.2) is 41.3 Å². The highest BCUT2D eigenvalue weighted by molar-refractivity contribution is 6.04. The second kappa shape index (κ2) is 5.39. The van der Waals surface area contributed by atoms with Gasteiger partial charge in [-0.2, -0.15) is 13.2 Å². The number of hydrogen-bond acceptors (Lipinski definition) is 2. The number of carbonyl (C=O) groups is 1. The molecule has 0 unspecified atom stereocenters. The van der Waals surface area contributed by atoms with Gasteiger partial charge in [-0.25, -0.2) is 4.39 Å². The van der Waals surface area contributed by atoms with Gasteiger partial charge in [0.25, 0.3) is 11.5 Å². The first-order chi connectivity index (χ1) is 9.79. The van der Waals surface area contributed by atoms with Gasteiger partial charge in [0.2, 0.25) is 0 Å². The minimum atomic E-state index is -4.68. The van der Waals surface area contributed by atoms with Gasteiger partial charge in [-0.15, -0.1) is 0 Å². The average molecular weight is 300 g/mol. The Labute approximate surface area is 115 Å². The van der Waals surface area contributed by atoms with Gasteiger partial charge in [-0.3, -0.25) is 9.59 Å². The summed E-state index contributed by atoms with van der Waals surface area (Å²) in [5, 5.41) is 1.96. The zero-order chi connectivity index (χ0) is 15.6. The molecule has 0 saturated carbocycles. The number of amides is 1. The maximum absolute atomic E-state index is 13.4. The summed E-state index contributed by atoms with van der Waals surface area (Å²) < 4.78 is 51.0. The smallest absolute Gasteiger partial charge is 0.327 e. The number of aromatic amines is 1. The fourth-order valence-electron chi connectivity index (χ4n) is 1.58. The molecule has 110 valence electrons. The Kier molecular flexibility index (Phi) is 3.79. The first-order valence-corrected chi connectivity index (χ1v) is 5.65. The maximum Gasteiger partial charge on any atom is 0.417 e. The third-order valence-corrected chi connectivity index (χ3v) is 2.60. The third-order valence-electron chi connectivity index (χ3n) is 2.60. The minimum absolute atomic E-state index is 0.380. The Hall–Kier alpha value is -2.64. The van der Waals surface area contributed by atoms with Crippen LogP contribution in [0.1, 0.15) is 15.9 Å². The highest BCUT2D eigenvalue weighted by Crippen LogP contribution is 2.29. The Balaban J connectivity index is 2.34. The topological polar surface area (TPSA) is 62.0 Å². The van der Waals surface area contributed by atoms with Crippen molar-refractivity contribution in [2.45, 2.75) is 6.18 Å². The van der Waals surface area contributed by atoms with E-state index in [1.807, 2.05) is 10.3 Å². The molecule has 1 aromatic carbocycles. The zero-order valence-corrected chi connectivity index (χ0v) is 10.3. The van der Waals surface area contributed by atoms with Crippen molar-refractivity contribution in [1.82, 2.24) is 4.98 Å². The van der Waals surface area contributed by atoms with Crippen LogP contribution in [0.3, 0.4) is 0 Å². The minimum Gasteiger partial charge on any atom is -0.327 e. The van der Waals surface area contributed by atoms with Gasteiger partial charge in [0.15, 0.2) is 0 Å². The lowest BCUT2D eigenvalue weighted by atomic mass is 10.2. The first-order valence-electron chi connectivity index (χ1n) is 5.65. The molecule has 2 N–H and O–H groups in total. The quantitative estimate of drug-likeness (QED) is 0.838. The average Bonchev–Trinajstić information content (AvgIpc) is 2.40. The monoisotopic (exact) mass is 300 g/mol. The van der Waals surface area contributed by atoms with Crippen molar-refractivity contribution >= 4 is 11.6 Å². The highest BCUT2D eigenvalue weighted by Gasteiger charge is 2.31. The number of anilines is 1. The summed E-state index contributed by atoms with van der Waals surface area (Å²) in [6, 6.07) is 5.38. The Morgan fingerprint density at radius 1 is 1.19 bits per heavy atom. The van der Waals surface area contributed by atoms with E-state index in [2.05, 4.69) is 0 Å². The lowest BCUT2D eigenvalue weighted by molar-refractivity contribution is -0.137. The molecule has 2 aromatic rings. The van der Waals surface area contributed by atoms with Crippen LogP contribution in [0.2, 0.25) is 0 Å². The van der Waals surface area contributed by atoms with E-state index in [0.717, 1.165) is 12.1 Å². The Morgan fingerprint density at radius 3 is 2.48 bits per heavy atom. The van der Waals surface area contributed by atoms with Gasteiger partial charge in [0.05, 0.1) is 11.1 Å². The predicted octanol–water partition coefficient (Wildman–Crippen LogP) is 2.79. The molecular formula is C13H8F4N2O2. The molecule has 1 heterocycles. The predicted molar refractivity (Wildman–Crippen MR) is 66.4 cm³/mol. The maximum atomic E-state index is 13.4. The van der Waals surface area contributed by atoms with E-state index in [1.165, 1.54) is 12.1 Å². The van der Waals surface area contributed by atoms with Crippen LogP contribution >= 0.6 is 0 Å². The molecule has 0 atom stereocenters. The van der Waals surface area contributed by atoms with E-state index in [0.29, 0.717) is 12.3 Å². The van der Waals surface area contributed by atoms with E-state index in [4.69, 9.17) is 0 Å². The number of halogens is 4. The molecular weight excluding hydrogens is 292 g/mol. The molecule has 0 aliphatic rings. The van der Waals surface area contributed by atoms with Crippen LogP contribution in [0.5, 0.6) is 0 Å². The van der Waals surface area contributed by atoms with Gasteiger partial charge in [-0.05, 0) is 18.2 Å². The van der Waals surface area contributed by atoms with E-state index < -0.39 is 34.7 Å². The molecule has 0 bridgehead atoms. The normalized spacial score (nSPS) is 11.2. The summed E-state index contributed by atoms with van der Waals surface area (Å²) in [7, 11) is 0. The molecule has 0 aliphatic carbocycles. The van der Waals surface area contributed by atoms with Crippen LogP contribution in [-0.4, -0.2) is 10.9 Å². The van der Waals surface area contributed by atoms with Crippen molar-refractivity contribution in [3.05, 3.63) is 63.8 Å². The number of alkyl halides is 3. The Bertz CT molecular complexity index is 737. The molecule has 0 saturated heterocycles. The van der Waals surface area contributed by atoms with Gasteiger partial charge >= 0.3 is 6.18 Å². The zero-order valence-electron chi connectivity index (χ0n) is 10.3. The van der Waals surface area contributed by atoms with Crippen LogP contribution in [0, 0.1) is 5.82 Å². The molecule has 0 fully saturated rings. The van der Waals surface area contributed by atoms with Crippen molar-refractivity contribution in [3.63, 3.8) is 0 Å². The molecule has 2 rings (SSSR count). The molecule has 21 heavy (non-hydrogen) atoms. The van der Waals surface area contributed by atoms with Crippen LogP contribution < -0.4 is 10.9 Å². The summed E-state index contributed by atoms with van der Waals surface area (Å²) in [6.45, 7) is 0. The number of aromatic nitrogens is 1. The molecule has 0 aliphatic heterocycles. The number of benzene rings is 1. The molecule has 4 nitrogen and oxygen atoms in total. The van der Waals surface area contributed by atoms with Gasteiger partial charge in [-0.1, -0.05) is 12.1 Å². The highest BCUT2D eigenvalue weighted by atomic mass is 19.4. The number of H-pyrrole nitrogens is 1. The van der Waals surface area contributed by atoms with Gasteiger partial charge < -0.3 is 10.3 Å². The van der Waals surface area contributed by atoms with Crippen LogP contribution in [-0.2, 0) is 6.18 Å². The van der Waals surface area contributed by atoms with Crippen LogP contribution in [0.4, 0.5) is 23.2 Å². The summed E-state index contributed by atoms with van der Waals surface area (Å²) in [4.78, 5) is 25.0. The largest absolute Gasteiger partial charge is 0.417 e. The molecule has 1 aromatic heterocycles. The van der Waals surface area contributed by atoms with Crippen molar-refractivity contribution in [2.24, 2.45) is 0 Å². The number of pyridine rings is 1. The summed E-state index contributed by atoms with van der Waals surface area (Å²) in [5.41, 5.74) is -3.05. The number of nitrogens with one attached hydrogen (secondary N) is 2.